The van der Waals surface area contributed by atoms with Gasteiger partial charge in [-0.05, 0) is 61.2 Å². The highest BCUT2D eigenvalue weighted by Crippen LogP contribution is 2.20. The number of carbonyl (C=O) groups is 1. The molecule has 1 atom stereocenters. The quantitative estimate of drug-likeness (QED) is 0.520. The van der Waals surface area contributed by atoms with Gasteiger partial charge in [-0.3, -0.25) is 9.69 Å². The highest BCUT2D eigenvalue weighted by atomic mass is 19.1. The van der Waals surface area contributed by atoms with Crippen molar-refractivity contribution in [1.29, 1.82) is 0 Å². The number of aliphatic hydroxyl groups is 1. The van der Waals surface area contributed by atoms with Crippen molar-refractivity contribution in [1.82, 2.24) is 9.80 Å². The van der Waals surface area contributed by atoms with Gasteiger partial charge in [0.25, 0.3) is 0 Å². The van der Waals surface area contributed by atoms with Crippen molar-refractivity contribution in [2.24, 2.45) is 0 Å². The third-order valence-electron chi connectivity index (χ3n) is 6.35. The molecule has 2 fully saturated rings. The fraction of sp³-hybridized carbons (Fsp3) is 0.519. The zero-order chi connectivity index (χ0) is 24.5. The van der Waals surface area contributed by atoms with Crippen LogP contribution >= 0.6 is 0 Å². The molecule has 2 aliphatic heterocycles. The zero-order valence-corrected chi connectivity index (χ0v) is 20.2. The molecule has 2 aromatic carbocycles. The van der Waals surface area contributed by atoms with Crippen LogP contribution < -0.4 is 9.47 Å². The van der Waals surface area contributed by atoms with E-state index in [9.17, 15) is 14.3 Å². The molecular formula is C27H35FN2O5. The van der Waals surface area contributed by atoms with E-state index in [1.165, 1.54) is 12.1 Å². The van der Waals surface area contributed by atoms with Gasteiger partial charge in [0.2, 0.25) is 5.91 Å². The van der Waals surface area contributed by atoms with Crippen LogP contribution in [-0.4, -0.2) is 79.0 Å². The van der Waals surface area contributed by atoms with E-state index in [4.69, 9.17) is 14.2 Å². The highest BCUT2D eigenvalue weighted by Gasteiger charge is 2.33. The summed E-state index contributed by atoms with van der Waals surface area (Å²) in [6.45, 7) is 4.73. The summed E-state index contributed by atoms with van der Waals surface area (Å²) in [7, 11) is 0. The molecule has 2 aromatic rings. The molecule has 0 radical (unpaired) electrons. The molecule has 0 bridgehead atoms. The number of benzene rings is 2. The maximum atomic E-state index is 13.1. The Hall–Kier alpha value is -2.68. The van der Waals surface area contributed by atoms with E-state index in [-0.39, 0.29) is 24.9 Å². The van der Waals surface area contributed by atoms with E-state index < -0.39 is 5.60 Å². The maximum Gasteiger partial charge on any atom is 0.222 e. The first-order valence-electron chi connectivity index (χ1n) is 12.4. The number of likely N-dealkylation sites (tertiary alicyclic amines) is 1. The van der Waals surface area contributed by atoms with Gasteiger partial charge in [0.1, 0.15) is 29.5 Å². The smallest absolute Gasteiger partial charge is 0.222 e. The number of rotatable bonds is 10. The Balaban J connectivity index is 1.22. The first-order valence-corrected chi connectivity index (χ1v) is 12.4. The predicted molar refractivity (Wildman–Crippen MR) is 130 cm³/mol. The van der Waals surface area contributed by atoms with Crippen molar-refractivity contribution in [3.63, 3.8) is 0 Å². The molecule has 1 unspecified atom stereocenters. The Morgan fingerprint density at radius 1 is 1.00 bits per heavy atom. The molecular weight excluding hydrogens is 451 g/mol. The molecule has 2 aliphatic rings. The van der Waals surface area contributed by atoms with Crippen molar-refractivity contribution in [2.75, 3.05) is 52.6 Å². The van der Waals surface area contributed by atoms with Gasteiger partial charge in [0.05, 0.1) is 19.8 Å². The molecule has 0 aromatic heterocycles. The lowest BCUT2D eigenvalue weighted by Crippen LogP contribution is -2.48. The fourth-order valence-electron chi connectivity index (χ4n) is 4.46. The molecule has 35 heavy (non-hydrogen) atoms. The highest BCUT2D eigenvalue weighted by molar-refractivity contribution is 5.76. The van der Waals surface area contributed by atoms with Crippen LogP contribution in [-0.2, 0) is 16.1 Å². The van der Waals surface area contributed by atoms with Crippen molar-refractivity contribution < 1.29 is 28.5 Å². The third kappa shape index (κ3) is 7.92. The number of halogens is 1. The average Bonchev–Trinajstić information content (AvgIpc) is 3.05. The monoisotopic (exact) mass is 486 g/mol. The van der Waals surface area contributed by atoms with Crippen LogP contribution in [0.1, 0.15) is 31.2 Å². The predicted octanol–water partition coefficient (Wildman–Crippen LogP) is 3.25. The Labute approximate surface area is 206 Å². The molecule has 7 nitrogen and oxygen atoms in total. The van der Waals surface area contributed by atoms with Crippen molar-refractivity contribution >= 4 is 5.91 Å². The van der Waals surface area contributed by atoms with Gasteiger partial charge in [-0.15, -0.1) is 0 Å². The van der Waals surface area contributed by atoms with E-state index in [2.05, 4.69) is 4.90 Å². The molecule has 8 heteroatoms. The zero-order valence-electron chi connectivity index (χ0n) is 20.2. The first kappa shape index (κ1) is 25.4. The lowest BCUT2D eigenvalue weighted by Gasteiger charge is -2.30. The van der Waals surface area contributed by atoms with Crippen LogP contribution in [0, 0.1) is 5.82 Å². The average molecular weight is 487 g/mol. The van der Waals surface area contributed by atoms with Gasteiger partial charge in [-0.25, -0.2) is 4.39 Å². The Kier molecular flexibility index (Phi) is 8.95. The third-order valence-corrected chi connectivity index (χ3v) is 6.35. The largest absolute Gasteiger partial charge is 0.494 e. The standard InChI is InChI=1S/C27H35FN2O5/c28-23-7-11-25(12-8-23)35-21-27(32)19-29(15-17-33-20-27)18-22-5-9-24(10-6-22)34-16-3-14-30-13-2-1-4-26(30)31/h5-12,32H,1-4,13-21H2. The van der Waals surface area contributed by atoms with Crippen LogP contribution in [0.25, 0.3) is 0 Å². The van der Waals surface area contributed by atoms with E-state index in [0.29, 0.717) is 45.0 Å². The number of ether oxygens (including phenoxy) is 3. The second kappa shape index (κ2) is 12.3. The van der Waals surface area contributed by atoms with Crippen LogP contribution in [0.15, 0.2) is 48.5 Å². The summed E-state index contributed by atoms with van der Waals surface area (Å²) in [5.74, 6) is 1.25. The van der Waals surface area contributed by atoms with Crippen LogP contribution in [0.3, 0.4) is 0 Å². The lowest BCUT2D eigenvalue weighted by molar-refractivity contribution is -0.133. The number of piperidine rings is 1. The summed E-state index contributed by atoms with van der Waals surface area (Å²) in [4.78, 5) is 16.0. The van der Waals surface area contributed by atoms with Crippen LogP contribution in [0.2, 0.25) is 0 Å². The van der Waals surface area contributed by atoms with Gasteiger partial charge < -0.3 is 24.2 Å². The first-order chi connectivity index (χ1) is 17.0. The summed E-state index contributed by atoms with van der Waals surface area (Å²) < 4.78 is 30.3. The molecule has 190 valence electrons. The summed E-state index contributed by atoms with van der Waals surface area (Å²) in [6, 6.07) is 13.7. The summed E-state index contributed by atoms with van der Waals surface area (Å²) >= 11 is 0. The minimum atomic E-state index is -1.16. The van der Waals surface area contributed by atoms with E-state index >= 15 is 0 Å². The van der Waals surface area contributed by atoms with Crippen molar-refractivity contribution in [3.05, 3.63) is 59.9 Å². The minimum absolute atomic E-state index is 0.0605. The summed E-state index contributed by atoms with van der Waals surface area (Å²) in [5, 5.41) is 11.1. The van der Waals surface area contributed by atoms with E-state index in [1.54, 1.807) is 12.1 Å². The van der Waals surface area contributed by atoms with Crippen molar-refractivity contribution in [3.8, 4) is 11.5 Å². The maximum absolute atomic E-state index is 13.1. The molecule has 0 spiro atoms. The summed E-state index contributed by atoms with van der Waals surface area (Å²) in [5.41, 5.74) is -0.0519. The number of hydrogen-bond acceptors (Lipinski definition) is 6. The molecule has 2 heterocycles. The van der Waals surface area contributed by atoms with E-state index in [1.807, 2.05) is 29.2 Å². The molecule has 2 saturated heterocycles. The SMILES string of the molecule is O=C1CCCCN1CCCOc1ccc(CN2CCOCC(O)(COc3ccc(F)cc3)C2)cc1. The van der Waals surface area contributed by atoms with E-state index in [0.717, 1.165) is 43.7 Å². The Morgan fingerprint density at radius 3 is 2.51 bits per heavy atom. The topological polar surface area (TPSA) is 71.5 Å². The van der Waals surface area contributed by atoms with Crippen LogP contribution in [0.4, 0.5) is 4.39 Å². The number of carbonyl (C=O) groups excluding carboxylic acids is 1. The van der Waals surface area contributed by atoms with Gasteiger partial charge in [0.15, 0.2) is 0 Å². The minimum Gasteiger partial charge on any atom is -0.494 e. The number of β-amino-alcohol motifs (C(OH)–C–C–N with tert-alkyl or cyclic N) is 1. The lowest BCUT2D eigenvalue weighted by atomic mass is 10.1. The normalized spacial score (nSPS) is 21.5. The van der Waals surface area contributed by atoms with Gasteiger partial charge in [-0.1, -0.05) is 12.1 Å². The Morgan fingerprint density at radius 2 is 1.74 bits per heavy atom. The molecule has 1 amide bonds. The second-order valence-electron chi connectivity index (χ2n) is 9.41. The molecule has 0 saturated carbocycles. The van der Waals surface area contributed by atoms with Gasteiger partial charge in [-0.2, -0.15) is 0 Å². The number of amides is 1. The molecule has 0 aliphatic carbocycles. The number of nitrogens with zero attached hydrogens (tertiary/aromatic N) is 2. The van der Waals surface area contributed by atoms with Crippen LogP contribution in [0.5, 0.6) is 11.5 Å². The fourth-order valence-corrected chi connectivity index (χ4v) is 4.46. The molecule has 1 N–H and O–H groups in total. The number of hydrogen-bond donors (Lipinski definition) is 1. The summed E-state index contributed by atoms with van der Waals surface area (Å²) in [6.07, 6.45) is 3.59. The van der Waals surface area contributed by atoms with Crippen molar-refractivity contribution in [2.45, 2.75) is 37.8 Å². The van der Waals surface area contributed by atoms with Gasteiger partial charge in [0, 0.05) is 39.1 Å². The molecule has 4 rings (SSSR count). The second-order valence-corrected chi connectivity index (χ2v) is 9.41. The Bertz CT molecular complexity index is 940. The van der Waals surface area contributed by atoms with Gasteiger partial charge >= 0.3 is 0 Å².